The lowest BCUT2D eigenvalue weighted by Gasteiger charge is -2.15. The second-order valence-electron chi connectivity index (χ2n) is 21.3. The van der Waals surface area contributed by atoms with Gasteiger partial charge in [-0.2, -0.15) is 10.2 Å². The normalized spacial score (nSPS) is 11.4. The van der Waals surface area contributed by atoms with E-state index in [1.165, 1.54) is 53.9 Å². The minimum Gasteiger partial charge on any atom is -0.257 e. The predicted molar refractivity (Wildman–Crippen MR) is 294 cm³/mol. The minimum atomic E-state index is 0.465. The number of fused-ring (bicyclic) bond motifs is 1. The first-order chi connectivity index (χ1) is 30.8. The number of rotatable bonds is 10. The monoisotopic (exact) mass is 913 g/mol. The first-order valence-electron chi connectivity index (χ1n) is 25.2. The van der Waals surface area contributed by atoms with E-state index >= 15 is 0 Å². The highest BCUT2D eigenvalue weighted by Gasteiger charge is 2.12. The second kappa shape index (κ2) is 27.6. The molecule has 6 aromatic rings. The third-order valence-electron chi connectivity index (χ3n) is 11.9. The molecule has 0 atom stereocenters. The molecule has 3 aromatic carbocycles. The van der Waals surface area contributed by atoms with Crippen molar-refractivity contribution in [2.24, 2.45) is 0 Å². The van der Waals surface area contributed by atoms with Crippen molar-refractivity contribution in [3.8, 4) is 0 Å². The topological polar surface area (TPSA) is 51.6 Å². The van der Waals surface area contributed by atoms with Gasteiger partial charge in [0.15, 0.2) is 0 Å². The van der Waals surface area contributed by atoms with Gasteiger partial charge < -0.3 is 0 Å². The summed E-state index contributed by atoms with van der Waals surface area (Å²) in [5, 5.41) is 11.3. The summed E-state index contributed by atoms with van der Waals surface area (Å²) in [5.74, 6) is 5.69. The lowest BCUT2D eigenvalue weighted by atomic mass is 9.89. The van der Waals surface area contributed by atoms with Crippen molar-refractivity contribution in [1.29, 1.82) is 0 Å². The molecule has 0 radical (unpaired) electrons. The molecule has 0 unspecified atom stereocenters. The highest BCUT2D eigenvalue weighted by molar-refractivity contribution is 7.12. The van der Waals surface area contributed by atoms with Crippen LogP contribution in [0.1, 0.15) is 269 Å². The molecule has 66 heavy (non-hydrogen) atoms. The molecule has 3 heterocycles. The van der Waals surface area contributed by atoms with Gasteiger partial charge in [-0.1, -0.05) is 193 Å². The van der Waals surface area contributed by atoms with Crippen LogP contribution in [0.15, 0.2) is 79.0 Å². The Labute approximate surface area is 409 Å². The summed E-state index contributed by atoms with van der Waals surface area (Å²) >= 11 is 1.95. The molecule has 0 bridgehead atoms. The average Bonchev–Trinajstić information content (AvgIpc) is 3.75. The van der Waals surface area contributed by atoms with Crippen LogP contribution >= 0.6 is 11.3 Å². The molecule has 0 saturated carbocycles. The van der Waals surface area contributed by atoms with Crippen molar-refractivity contribution < 1.29 is 0 Å². The largest absolute Gasteiger partial charge is 0.257 e. The number of nitrogens with zero attached hydrogens (tertiary/aromatic N) is 4. The van der Waals surface area contributed by atoms with Crippen molar-refractivity contribution in [1.82, 2.24) is 20.2 Å². The SMILES string of the molecule is CC(C)c1ccc(C(C)C)c2ccccc12.CC(C)c1ccc(C(C)C)s1.Cc1cc(C(C)C)ccc1C(C)C.Cc1cc(C(C)C)nnc1C(C)C.Cc1nc(C(C)C)cnc1C(C)C. The van der Waals surface area contributed by atoms with Crippen LogP contribution in [0.25, 0.3) is 10.8 Å². The van der Waals surface area contributed by atoms with Crippen molar-refractivity contribution in [2.75, 3.05) is 0 Å². The number of aryl methyl sites for hydroxylation is 3. The molecule has 0 amide bonds. The van der Waals surface area contributed by atoms with E-state index in [-0.39, 0.29) is 0 Å². The van der Waals surface area contributed by atoms with Gasteiger partial charge in [0.25, 0.3) is 0 Å². The smallest absolute Gasteiger partial charge is 0.0685 e. The first kappa shape index (κ1) is 57.9. The van der Waals surface area contributed by atoms with E-state index in [1.807, 2.05) is 24.5 Å². The Morgan fingerprint density at radius 1 is 0.379 bits per heavy atom. The summed E-state index contributed by atoms with van der Waals surface area (Å²) in [6.45, 7) is 50.5. The Morgan fingerprint density at radius 2 is 0.833 bits per heavy atom. The van der Waals surface area contributed by atoms with Gasteiger partial charge in [-0.25, -0.2) is 0 Å². The number of aromatic nitrogens is 4. The molecule has 3 aromatic heterocycles. The summed E-state index contributed by atoms with van der Waals surface area (Å²) in [7, 11) is 0. The average molecular weight is 914 g/mol. The lowest BCUT2D eigenvalue weighted by Crippen LogP contribution is -2.03. The summed E-state index contributed by atoms with van der Waals surface area (Å²) in [5.41, 5.74) is 14.0. The van der Waals surface area contributed by atoms with Crippen molar-refractivity contribution in [2.45, 2.75) is 218 Å². The first-order valence-corrected chi connectivity index (χ1v) is 26.0. The van der Waals surface area contributed by atoms with Crippen LogP contribution in [0.2, 0.25) is 0 Å². The van der Waals surface area contributed by atoms with Crippen LogP contribution < -0.4 is 0 Å². The van der Waals surface area contributed by atoms with E-state index in [4.69, 9.17) is 0 Å². The molecular formula is C61H92N4S. The van der Waals surface area contributed by atoms with Gasteiger partial charge in [-0.05, 0) is 142 Å². The molecular weight excluding hydrogens is 821 g/mol. The zero-order chi connectivity index (χ0) is 50.2. The van der Waals surface area contributed by atoms with Crippen LogP contribution in [-0.2, 0) is 0 Å². The van der Waals surface area contributed by atoms with Gasteiger partial charge in [0.1, 0.15) is 0 Å². The molecule has 0 aliphatic carbocycles. The molecule has 0 aliphatic heterocycles. The Balaban J connectivity index is 0.000000285. The van der Waals surface area contributed by atoms with Crippen LogP contribution in [0.3, 0.4) is 0 Å². The summed E-state index contributed by atoms with van der Waals surface area (Å²) in [6, 6.07) is 26.9. The molecule has 0 aliphatic rings. The maximum Gasteiger partial charge on any atom is 0.0685 e. The number of hydrogen-bond acceptors (Lipinski definition) is 5. The summed E-state index contributed by atoms with van der Waals surface area (Å²) in [4.78, 5) is 12.0. The number of hydrogen-bond donors (Lipinski definition) is 0. The van der Waals surface area contributed by atoms with E-state index < -0.39 is 0 Å². The molecule has 0 N–H and O–H groups in total. The maximum atomic E-state index is 4.53. The van der Waals surface area contributed by atoms with Crippen LogP contribution in [0.4, 0.5) is 0 Å². The van der Waals surface area contributed by atoms with Gasteiger partial charge in [0.05, 0.1) is 28.5 Å². The van der Waals surface area contributed by atoms with Crippen LogP contribution in [-0.4, -0.2) is 20.2 Å². The Kier molecular flexibility index (Phi) is 24.2. The van der Waals surface area contributed by atoms with Gasteiger partial charge in [0.2, 0.25) is 0 Å². The van der Waals surface area contributed by atoms with Gasteiger partial charge in [0, 0.05) is 16.0 Å². The summed E-state index contributed by atoms with van der Waals surface area (Å²) < 4.78 is 0. The molecule has 362 valence electrons. The molecule has 0 saturated heterocycles. The zero-order valence-corrected chi connectivity index (χ0v) is 46.8. The Hall–Kier alpha value is -4.22. The quantitative estimate of drug-likeness (QED) is 0.137. The Morgan fingerprint density at radius 3 is 1.17 bits per heavy atom. The third kappa shape index (κ3) is 17.8. The van der Waals surface area contributed by atoms with E-state index in [1.54, 1.807) is 0 Å². The minimum absolute atomic E-state index is 0.465. The van der Waals surface area contributed by atoms with E-state index in [2.05, 4.69) is 245 Å². The van der Waals surface area contributed by atoms with E-state index in [9.17, 15) is 0 Å². The molecule has 0 spiro atoms. The van der Waals surface area contributed by atoms with Gasteiger partial charge in [-0.3, -0.25) is 9.97 Å². The Bertz CT molecular complexity index is 2120. The maximum absolute atomic E-state index is 4.53. The second-order valence-corrected chi connectivity index (χ2v) is 22.4. The van der Waals surface area contributed by atoms with Crippen molar-refractivity contribution in [3.63, 3.8) is 0 Å². The van der Waals surface area contributed by atoms with E-state index in [0.29, 0.717) is 59.2 Å². The fourth-order valence-corrected chi connectivity index (χ4v) is 8.79. The lowest BCUT2D eigenvalue weighted by molar-refractivity contribution is 0.724. The standard InChI is InChI=1S/C16H20.C13H20.2C11H18N2.C10H16S/c1-11(2)13-9-10-14(12(3)4)16-8-6-5-7-15(13)16;1-9(2)12-6-7-13(10(3)4)11(5)8-12;1-7(2)10-6-12-11(8(3)4)9(5)13-10;1-7(2)10-6-9(5)11(8(3)4)13-12-10;1-7(2)9-5-6-10(11-9)8(3)4/h5-12H,1-4H3;6-10H,1-5H3;2*6-8H,1-5H3;5-8H,1-4H3. The van der Waals surface area contributed by atoms with E-state index in [0.717, 1.165) is 28.5 Å². The molecule has 0 fully saturated rings. The van der Waals surface area contributed by atoms with Gasteiger partial charge >= 0.3 is 0 Å². The summed E-state index contributed by atoms with van der Waals surface area (Å²) in [6.07, 6.45) is 1.90. The third-order valence-corrected chi connectivity index (χ3v) is 13.6. The predicted octanol–water partition coefficient (Wildman–Crippen LogP) is 19.4. The van der Waals surface area contributed by atoms with Crippen LogP contribution in [0, 0.1) is 20.8 Å². The van der Waals surface area contributed by atoms with Crippen molar-refractivity contribution >= 4 is 22.1 Å². The fraction of sp³-hybridized carbons (Fsp3) is 0.541. The molecule has 6 rings (SSSR count). The molecule has 5 heteroatoms. The highest BCUT2D eigenvalue weighted by Crippen LogP contribution is 2.32. The molecule has 4 nitrogen and oxygen atoms in total. The highest BCUT2D eigenvalue weighted by atomic mass is 32.1. The van der Waals surface area contributed by atoms with Gasteiger partial charge in [-0.15, -0.1) is 11.3 Å². The number of benzene rings is 3. The van der Waals surface area contributed by atoms with Crippen LogP contribution in [0.5, 0.6) is 0 Å². The zero-order valence-electron chi connectivity index (χ0n) is 46.0. The number of thiophene rings is 1. The fourth-order valence-electron chi connectivity index (χ4n) is 7.77. The van der Waals surface area contributed by atoms with Crippen molar-refractivity contribution in [3.05, 3.63) is 151 Å².